The topological polar surface area (TPSA) is 47.5 Å². The van der Waals surface area contributed by atoms with Crippen molar-refractivity contribution in [1.29, 1.82) is 0 Å². The molecular weight excluding hydrogens is 659 g/mol. The fourth-order valence-corrected chi connectivity index (χ4v) is 8.75. The van der Waals surface area contributed by atoms with E-state index in [2.05, 4.69) is 148 Å². The molecule has 0 spiro atoms. The molecule has 4 heterocycles. The molecule has 0 atom stereocenters. The van der Waals surface area contributed by atoms with E-state index in [1.54, 1.807) is 0 Å². The lowest BCUT2D eigenvalue weighted by molar-refractivity contribution is 1.07. The van der Waals surface area contributed by atoms with Gasteiger partial charge in [0.2, 0.25) is 0 Å². The highest BCUT2D eigenvalue weighted by atomic mass is 15.0. The molecule has 12 aromatic rings. The van der Waals surface area contributed by atoms with Crippen LogP contribution in [0.4, 0.5) is 0 Å². The van der Waals surface area contributed by atoms with Crippen LogP contribution >= 0.6 is 0 Å². The predicted molar refractivity (Wildman–Crippen MR) is 223 cm³/mol. The number of nitrogens with zero attached hydrogens (tertiary/aromatic N) is 5. The van der Waals surface area contributed by atoms with Crippen LogP contribution in [0, 0.1) is 0 Å². The van der Waals surface area contributed by atoms with Crippen LogP contribution in [0.25, 0.3) is 110 Å². The third kappa shape index (κ3) is 4.06. The number of aromatic nitrogens is 5. The maximum absolute atomic E-state index is 5.20. The Balaban J connectivity index is 1.34. The molecule has 0 aliphatic carbocycles. The maximum Gasteiger partial charge on any atom is 0.164 e. The summed E-state index contributed by atoms with van der Waals surface area (Å²) in [6.07, 6.45) is 0. The standard InChI is InChI=1S/C49H29N5/c1-3-15-31(16-4-1)47-50-48(32-17-5-2-6-18-32)52-49(51-47)33-28-39-36-21-10-11-23-41(36)53-43-25-13-22-37-35-20-9-12-24-42(35)54(46(37)43)44-34-19-8-7-14-30(34)26-27-38(44)40(29-33)45(39)53/h1-29H. The molecule has 5 heteroatoms. The average molecular weight is 688 g/mol. The van der Waals surface area contributed by atoms with Gasteiger partial charge in [-0.25, -0.2) is 15.0 Å². The Kier molecular flexibility index (Phi) is 5.99. The summed E-state index contributed by atoms with van der Waals surface area (Å²) in [4.78, 5) is 15.4. The quantitative estimate of drug-likeness (QED) is 0.186. The van der Waals surface area contributed by atoms with E-state index in [0.717, 1.165) is 43.9 Å². The van der Waals surface area contributed by atoms with Gasteiger partial charge in [0, 0.05) is 54.4 Å². The van der Waals surface area contributed by atoms with Crippen molar-refractivity contribution in [3.05, 3.63) is 176 Å². The summed E-state index contributed by atoms with van der Waals surface area (Å²) in [6.45, 7) is 0. The van der Waals surface area contributed by atoms with Crippen LogP contribution in [0.2, 0.25) is 0 Å². The molecule has 0 N–H and O–H groups in total. The number of benzene rings is 8. The Bertz CT molecular complexity index is 3430. The van der Waals surface area contributed by atoms with Crippen molar-refractivity contribution in [3.8, 4) is 34.2 Å². The van der Waals surface area contributed by atoms with Gasteiger partial charge in [-0.05, 0) is 35.7 Å². The Morgan fingerprint density at radius 2 is 0.741 bits per heavy atom. The fraction of sp³-hybridized carbons (Fsp3) is 0. The first-order valence-electron chi connectivity index (χ1n) is 18.3. The molecule has 0 saturated carbocycles. The molecule has 5 nitrogen and oxygen atoms in total. The van der Waals surface area contributed by atoms with E-state index in [1.165, 1.54) is 49.0 Å². The molecule has 0 amide bonds. The summed E-state index contributed by atoms with van der Waals surface area (Å²) in [5, 5.41) is 9.49. The van der Waals surface area contributed by atoms with Crippen molar-refractivity contribution in [2.45, 2.75) is 0 Å². The Morgan fingerprint density at radius 1 is 0.278 bits per heavy atom. The van der Waals surface area contributed by atoms with E-state index in [9.17, 15) is 0 Å². The molecule has 0 saturated heterocycles. The molecule has 0 unspecified atom stereocenters. The molecular formula is C49H29N5. The summed E-state index contributed by atoms with van der Waals surface area (Å²) in [6, 6.07) is 62.6. The van der Waals surface area contributed by atoms with Gasteiger partial charge in [-0.15, -0.1) is 0 Å². The zero-order valence-electron chi connectivity index (χ0n) is 29.0. The highest BCUT2D eigenvalue weighted by molar-refractivity contribution is 6.26. The van der Waals surface area contributed by atoms with Crippen LogP contribution in [0.1, 0.15) is 0 Å². The first kappa shape index (κ1) is 29.2. The SMILES string of the molecule is c1ccc(-c2nc(-c3ccccc3)nc(-c3cc4c5ccccc5n5c6cccc7c8ccccc8n(c8c9ccccc9ccc8c(c3)c45)c76)n2)cc1. The summed E-state index contributed by atoms with van der Waals surface area (Å²) < 4.78 is 5.00. The highest BCUT2D eigenvalue weighted by Crippen LogP contribution is 2.43. The number of hydrogen-bond acceptors (Lipinski definition) is 3. The van der Waals surface area contributed by atoms with E-state index in [4.69, 9.17) is 15.0 Å². The molecule has 0 fully saturated rings. The predicted octanol–water partition coefficient (Wildman–Crippen LogP) is 12.3. The van der Waals surface area contributed by atoms with Crippen molar-refractivity contribution in [3.63, 3.8) is 0 Å². The van der Waals surface area contributed by atoms with Crippen molar-refractivity contribution in [2.24, 2.45) is 0 Å². The zero-order chi connectivity index (χ0) is 35.3. The molecule has 0 radical (unpaired) electrons. The number of fused-ring (bicyclic) bond motifs is 12. The summed E-state index contributed by atoms with van der Waals surface area (Å²) >= 11 is 0. The third-order valence-electron chi connectivity index (χ3n) is 11.1. The number of rotatable bonds is 3. The molecule has 12 rings (SSSR count). The lowest BCUT2D eigenvalue weighted by atomic mass is 9.99. The van der Waals surface area contributed by atoms with E-state index in [1.807, 2.05) is 36.4 Å². The maximum atomic E-state index is 5.20. The van der Waals surface area contributed by atoms with Crippen molar-refractivity contribution in [1.82, 2.24) is 23.8 Å². The van der Waals surface area contributed by atoms with E-state index < -0.39 is 0 Å². The molecule has 8 aromatic carbocycles. The van der Waals surface area contributed by atoms with Crippen LogP contribution in [-0.2, 0) is 0 Å². The molecule has 0 bridgehead atoms. The zero-order valence-corrected chi connectivity index (χ0v) is 29.0. The minimum absolute atomic E-state index is 0.635. The average Bonchev–Trinajstić information content (AvgIpc) is 3.76. The smallest absolute Gasteiger partial charge is 0.164 e. The lowest BCUT2D eigenvalue weighted by Gasteiger charge is -2.14. The summed E-state index contributed by atoms with van der Waals surface area (Å²) in [5.74, 6) is 1.92. The van der Waals surface area contributed by atoms with Gasteiger partial charge in [0.05, 0.1) is 33.1 Å². The Hall–Kier alpha value is -7.37. The second-order valence-corrected chi connectivity index (χ2v) is 14.0. The molecule has 250 valence electrons. The second kappa shape index (κ2) is 11.1. The van der Waals surface area contributed by atoms with Crippen molar-refractivity contribution < 1.29 is 0 Å². The minimum atomic E-state index is 0.635. The van der Waals surface area contributed by atoms with Gasteiger partial charge in [0.1, 0.15) is 0 Å². The highest BCUT2D eigenvalue weighted by Gasteiger charge is 2.22. The minimum Gasteiger partial charge on any atom is -0.306 e. The summed E-state index contributed by atoms with van der Waals surface area (Å²) in [5.41, 5.74) is 9.87. The molecule has 0 aliphatic rings. The Morgan fingerprint density at radius 3 is 1.43 bits per heavy atom. The lowest BCUT2D eigenvalue weighted by Crippen LogP contribution is -2.00. The van der Waals surface area contributed by atoms with Gasteiger partial charge in [-0.2, -0.15) is 0 Å². The van der Waals surface area contributed by atoms with Crippen molar-refractivity contribution >= 4 is 76.2 Å². The van der Waals surface area contributed by atoms with Crippen molar-refractivity contribution in [2.75, 3.05) is 0 Å². The van der Waals surface area contributed by atoms with Crippen LogP contribution < -0.4 is 0 Å². The van der Waals surface area contributed by atoms with Crippen LogP contribution in [0.15, 0.2) is 176 Å². The van der Waals surface area contributed by atoms with Gasteiger partial charge >= 0.3 is 0 Å². The monoisotopic (exact) mass is 687 g/mol. The van der Waals surface area contributed by atoms with Crippen LogP contribution in [-0.4, -0.2) is 23.8 Å². The van der Waals surface area contributed by atoms with E-state index >= 15 is 0 Å². The van der Waals surface area contributed by atoms with E-state index in [0.29, 0.717) is 17.5 Å². The third-order valence-corrected chi connectivity index (χ3v) is 11.1. The van der Waals surface area contributed by atoms with Crippen LogP contribution in [0.3, 0.4) is 0 Å². The molecule has 0 aliphatic heterocycles. The van der Waals surface area contributed by atoms with Gasteiger partial charge in [-0.1, -0.05) is 146 Å². The van der Waals surface area contributed by atoms with E-state index in [-0.39, 0.29) is 0 Å². The molecule has 4 aromatic heterocycles. The normalized spacial score (nSPS) is 12.1. The fourth-order valence-electron chi connectivity index (χ4n) is 8.75. The molecule has 54 heavy (non-hydrogen) atoms. The van der Waals surface area contributed by atoms with Gasteiger partial charge in [0.25, 0.3) is 0 Å². The largest absolute Gasteiger partial charge is 0.306 e. The number of para-hydroxylation sites is 3. The van der Waals surface area contributed by atoms with Gasteiger partial charge in [-0.3, -0.25) is 0 Å². The first-order chi connectivity index (χ1) is 26.8. The Labute approximate surface area is 309 Å². The second-order valence-electron chi connectivity index (χ2n) is 14.0. The first-order valence-corrected chi connectivity index (χ1v) is 18.3. The van der Waals surface area contributed by atoms with Gasteiger partial charge in [0.15, 0.2) is 17.5 Å². The van der Waals surface area contributed by atoms with Crippen LogP contribution in [0.5, 0.6) is 0 Å². The summed E-state index contributed by atoms with van der Waals surface area (Å²) in [7, 11) is 0. The number of hydrogen-bond donors (Lipinski definition) is 0. The van der Waals surface area contributed by atoms with Gasteiger partial charge < -0.3 is 8.80 Å².